The van der Waals surface area contributed by atoms with E-state index in [0.717, 1.165) is 99.0 Å². The summed E-state index contributed by atoms with van der Waals surface area (Å²) in [5, 5.41) is 0. The van der Waals surface area contributed by atoms with Crippen LogP contribution in [-0.4, -0.2) is 0 Å². The lowest BCUT2D eigenvalue weighted by molar-refractivity contribution is 0.156. The molecule has 0 saturated heterocycles. The highest BCUT2D eigenvalue weighted by atomic mass is 79.9. The highest BCUT2D eigenvalue weighted by Gasteiger charge is 2.34. The molecule has 0 nitrogen and oxygen atoms in total. The monoisotopic (exact) mass is 926 g/mol. The molecule has 0 radical (unpaired) electrons. The molecule has 4 fully saturated rings. The molecule has 342 valence electrons. The van der Waals surface area contributed by atoms with Crippen molar-refractivity contribution in [2.24, 2.45) is 35.5 Å². The van der Waals surface area contributed by atoms with E-state index in [1.165, 1.54) is 103 Å². The summed E-state index contributed by atoms with van der Waals surface area (Å²) < 4.78 is 61.5. The van der Waals surface area contributed by atoms with Crippen LogP contribution < -0.4 is 0 Å². The Balaban J connectivity index is 0.000000189. The van der Waals surface area contributed by atoms with E-state index in [9.17, 15) is 0 Å². The summed E-state index contributed by atoms with van der Waals surface area (Å²) in [7, 11) is 0. The van der Waals surface area contributed by atoms with E-state index >= 15 is 17.6 Å². The van der Waals surface area contributed by atoms with Crippen LogP contribution in [0.1, 0.15) is 187 Å². The standard InChI is InChI=1S/C29H37BrF2.C29H38F2/c1-4-5-20-6-8-21(9-7-20)22-10-12-23(13-11-22)25-14-15-26(29(32)28(25)31)24-16-18(2)27(30)19(3)17-24;1-4-5-21-6-8-22(9-7-21)23-10-12-24(13-11-23)26-14-15-27(29(31)28(26)30)25-17-19(2)16-20(3)18-25/h14-17,20-23H,4-13H2,1-3H3;14-18,21-24H,4-13H2,1-3H3. The Morgan fingerprint density at radius 3 is 1.11 bits per heavy atom. The number of halogens is 5. The molecule has 0 unspecified atom stereocenters. The molecular formula is C58H75BrF4. The van der Waals surface area contributed by atoms with Gasteiger partial charge in [-0.2, -0.15) is 0 Å². The number of aryl methyl sites for hydroxylation is 4. The van der Waals surface area contributed by atoms with Crippen LogP contribution in [0, 0.1) is 86.5 Å². The van der Waals surface area contributed by atoms with Crippen molar-refractivity contribution in [2.45, 2.75) is 182 Å². The molecule has 0 aliphatic heterocycles. The SMILES string of the molecule is CCCC1CCC(C2CCC(c3ccc(-c4cc(C)c(Br)c(C)c4)c(F)c3F)CC2)CC1.CCCC1CCC(C2CCC(c3ccc(-c4cc(C)cc(C)c4)c(F)c3F)CC2)CC1. The van der Waals surface area contributed by atoms with Gasteiger partial charge in [0, 0.05) is 15.6 Å². The van der Waals surface area contributed by atoms with E-state index in [-0.39, 0.29) is 11.8 Å². The predicted octanol–water partition coefficient (Wildman–Crippen LogP) is 19.0. The molecule has 0 spiro atoms. The Kier molecular flexibility index (Phi) is 16.8. The molecule has 5 heteroatoms. The maximum atomic E-state index is 15.2. The summed E-state index contributed by atoms with van der Waals surface area (Å²) in [5.74, 6) is 2.88. The van der Waals surface area contributed by atoms with E-state index < -0.39 is 23.3 Å². The predicted molar refractivity (Wildman–Crippen MR) is 260 cm³/mol. The van der Waals surface area contributed by atoms with Crippen molar-refractivity contribution >= 4 is 15.9 Å². The summed E-state index contributed by atoms with van der Waals surface area (Å²) in [4.78, 5) is 0. The largest absolute Gasteiger partial charge is 0.203 e. The smallest absolute Gasteiger partial charge is 0.166 e. The highest BCUT2D eigenvalue weighted by Crippen LogP contribution is 2.47. The number of hydrogen-bond acceptors (Lipinski definition) is 0. The van der Waals surface area contributed by atoms with Crippen molar-refractivity contribution in [1.82, 2.24) is 0 Å². The number of hydrogen-bond donors (Lipinski definition) is 0. The lowest BCUT2D eigenvalue weighted by Crippen LogP contribution is -2.25. The fraction of sp³-hybridized carbons (Fsp3) is 0.586. The van der Waals surface area contributed by atoms with Crippen molar-refractivity contribution < 1.29 is 17.6 Å². The van der Waals surface area contributed by atoms with Crippen LogP contribution in [0.5, 0.6) is 0 Å². The molecule has 0 aromatic heterocycles. The number of rotatable bonds is 10. The van der Waals surface area contributed by atoms with Crippen molar-refractivity contribution in [1.29, 1.82) is 0 Å². The van der Waals surface area contributed by atoms with Crippen LogP contribution in [0.4, 0.5) is 17.6 Å². The Hall–Kier alpha value is -2.92. The molecule has 0 atom stereocenters. The van der Waals surface area contributed by atoms with Crippen molar-refractivity contribution in [3.05, 3.63) is 116 Å². The molecule has 4 aliphatic carbocycles. The topological polar surface area (TPSA) is 0 Å². The average Bonchev–Trinajstić information content (AvgIpc) is 3.28. The molecule has 4 aliphatic rings. The Morgan fingerprint density at radius 1 is 0.429 bits per heavy atom. The third-order valence-corrected chi connectivity index (χ3v) is 17.7. The van der Waals surface area contributed by atoms with Gasteiger partial charge in [0.2, 0.25) is 0 Å². The van der Waals surface area contributed by atoms with Gasteiger partial charge in [-0.1, -0.05) is 147 Å². The Morgan fingerprint density at radius 2 is 0.762 bits per heavy atom. The van der Waals surface area contributed by atoms with Crippen LogP contribution >= 0.6 is 15.9 Å². The van der Waals surface area contributed by atoms with E-state index in [1.807, 2.05) is 64.1 Å². The first-order chi connectivity index (χ1) is 30.3. The van der Waals surface area contributed by atoms with E-state index in [1.54, 1.807) is 12.1 Å². The lowest BCUT2D eigenvalue weighted by atomic mass is 9.68. The van der Waals surface area contributed by atoms with Crippen molar-refractivity contribution in [3.8, 4) is 22.3 Å². The summed E-state index contributed by atoms with van der Waals surface area (Å²) >= 11 is 3.56. The molecule has 4 saturated carbocycles. The molecule has 0 bridgehead atoms. The third-order valence-electron chi connectivity index (χ3n) is 16.4. The second-order valence-electron chi connectivity index (χ2n) is 20.8. The van der Waals surface area contributed by atoms with Gasteiger partial charge in [0.1, 0.15) is 0 Å². The van der Waals surface area contributed by atoms with E-state index in [0.29, 0.717) is 22.3 Å². The quantitative estimate of drug-likeness (QED) is 0.139. The lowest BCUT2D eigenvalue weighted by Gasteiger charge is -2.38. The molecular weight excluding hydrogens is 853 g/mol. The maximum absolute atomic E-state index is 15.2. The first kappa shape index (κ1) is 48.0. The Bertz CT molecular complexity index is 2080. The van der Waals surface area contributed by atoms with Crippen molar-refractivity contribution in [3.63, 3.8) is 0 Å². The average molecular weight is 928 g/mol. The normalized spacial score (nSPS) is 26.5. The molecule has 0 heterocycles. The molecule has 0 amide bonds. The molecule has 63 heavy (non-hydrogen) atoms. The minimum absolute atomic E-state index is 0.152. The minimum Gasteiger partial charge on any atom is -0.203 e. The van der Waals surface area contributed by atoms with Gasteiger partial charge in [0.25, 0.3) is 0 Å². The number of benzene rings is 4. The first-order valence-corrected chi connectivity index (χ1v) is 26.0. The summed E-state index contributed by atoms with van der Waals surface area (Å²) in [5.41, 5.74) is 7.64. The van der Waals surface area contributed by atoms with Crippen LogP contribution in [0.25, 0.3) is 22.3 Å². The zero-order valence-corrected chi connectivity index (χ0v) is 40.9. The zero-order chi connectivity index (χ0) is 44.8. The van der Waals surface area contributed by atoms with Crippen molar-refractivity contribution in [2.75, 3.05) is 0 Å². The van der Waals surface area contributed by atoms with Gasteiger partial charge in [-0.15, -0.1) is 0 Å². The fourth-order valence-corrected chi connectivity index (χ4v) is 13.2. The third kappa shape index (κ3) is 11.6. The summed E-state index contributed by atoms with van der Waals surface area (Å²) in [6.45, 7) is 12.5. The van der Waals surface area contributed by atoms with Gasteiger partial charge in [-0.25, -0.2) is 17.6 Å². The summed E-state index contributed by atoms with van der Waals surface area (Å²) in [6.07, 6.45) is 25.2. The van der Waals surface area contributed by atoms with Gasteiger partial charge in [0.15, 0.2) is 23.3 Å². The van der Waals surface area contributed by atoms with Crippen LogP contribution in [-0.2, 0) is 0 Å². The minimum atomic E-state index is -0.694. The van der Waals surface area contributed by atoms with Crippen LogP contribution in [0.2, 0.25) is 0 Å². The fourth-order valence-electron chi connectivity index (χ4n) is 13.0. The summed E-state index contributed by atoms with van der Waals surface area (Å²) in [6, 6.07) is 17.1. The second-order valence-corrected chi connectivity index (χ2v) is 21.6. The molecule has 4 aromatic rings. The second kappa shape index (κ2) is 22.0. The first-order valence-electron chi connectivity index (χ1n) is 25.2. The van der Waals surface area contributed by atoms with Gasteiger partial charge in [0.05, 0.1) is 0 Å². The molecule has 0 N–H and O–H groups in total. The van der Waals surface area contributed by atoms with E-state index in [4.69, 9.17) is 0 Å². The van der Waals surface area contributed by atoms with Gasteiger partial charge < -0.3 is 0 Å². The molecule has 4 aromatic carbocycles. The zero-order valence-electron chi connectivity index (χ0n) is 39.3. The molecule has 8 rings (SSSR count). The van der Waals surface area contributed by atoms with Crippen LogP contribution in [0.3, 0.4) is 0 Å². The van der Waals surface area contributed by atoms with Gasteiger partial charge >= 0.3 is 0 Å². The van der Waals surface area contributed by atoms with E-state index in [2.05, 4.69) is 35.8 Å². The van der Waals surface area contributed by atoms with Gasteiger partial charge in [-0.3, -0.25) is 0 Å². The highest BCUT2D eigenvalue weighted by molar-refractivity contribution is 9.10. The van der Waals surface area contributed by atoms with Crippen LogP contribution in [0.15, 0.2) is 59.1 Å². The maximum Gasteiger partial charge on any atom is 0.166 e. The Labute approximate surface area is 387 Å². The van der Waals surface area contributed by atoms with Gasteiger partial charge in [-0.05, 0) is 185 Å².